The van der Waals surface area contributed by atoms with Crippen LogP contribution in [0.2, 0.25) is 0 Å². The largest absolute Gasteiger partial charge is 0.465 e. The van der Waals surface area contributed by atoms with E-state index in [-0.39, 0.29) is 12.0 Å². The predicted octanol–water partition coefficient (Wildman–Crippen LogP) is 2.72. The van der Waals surface area contributed by atoms with Gasteiger partial charge in [0.25, 0.3) is 0 Å². The minimum absolute atomic E-state index is 0.258. The molecule has 7 heteroatoms. The molecule has 0 saturated heterocycles. The standard InChI is InChI=1S/C21H22N4O3/c1-28-20(26)17-9-7-16(8-10-17)13-22-21(27)23-14-18-5-2-3-6-19(18)15-25-12-4-11-24-25/h2-12H,13-15H2,1H3,(H2,22,23,27). The molecule has 28 heavy (non-hydrogen) atoms. The van der Waals surface area contributed by atoms with E-state index in [9.17, 15) is 9.59 Å². The molecule has 3 rings (SSSR count). The van der Waals surface area contributed by atoms with E-state index in [1.54, 1.807) is 30.5 Å². The third-order valence-electron chi connectivity index (χ3n) is 4.28. The van der Waals surface area contributed by atoms with E-state index < -0.39 is 0 Å². The molecule has 2 aromatic carbocycles. The molecule has 0 unspecified atom stereocenters. The number of benzene rings is 2. The average molecular weight is 378 g/mol. The first-order chi connectivity index (χ1) is 13.7. The second-order valence-electron chi connectivity index (χ2n) is 6.20. The van der Waals surface area contributed by atoms with Crippen molar-refractivity contribution in [2.24, 2.45) is 0 Å². The summed E-state index contributed by atoms with van der Waals surface area (Å²) in [5.41, 5.74) is 3.51. The molecule has 0 atom stereocenters. The lowest BCUT2D eigenvalue weighted by Crippen LogP contribution is -2.34. The van der Waals surface area contributed by atoms with Crippen LogP contribution in [-0.2, 0) is 24.4 Å². The van der Waals surface area contributed by atoms with Gasteiger partial charge in [-0.3, -0.25) is 4.68 Å². The highest BCUT2D eigenvalue weighted by molar-refractivity contribution is 5.89. The minimum atomic E-state index is -0.383. The Morgan fingerprint density at radius 3 is 2.36 bits per heavy atom. The van der Waals surface area contributed by atoms with Crippen LogP contribution in [0.1, 0.15) is 27.0 Å². The number of ether oxygens (including phenoxy) is 1. The average Bonchev–Trinajstić information content (AvgIpc) is 3.24. The van der Waals surface area contributed by atoms with Gasteiger partial charge in [-0.05, 0) is 34.9 Å². The topological polar surface area (TPSA) is 85.2 Å². The Labute approximate surface area is 163 Å². The molecule has 7 nitrogen and oxygen atoms in total. The van der Waals surface area contributed by atoms with Crippen molar-refractivity contribution < 1.29 is 14.3 Å². The van der Waals surface area contributed by atoms with Gasteiger partial charge in [0.1, 0.15) is 0 Å². The first kappa shape index (κ1) is 19.2. The number of amides is 2. The quantitative estimate of drug-likeness (QED) is 0.619. The number of aromatic nitrogens is 2. The summed E-state index contributed by atoms with van der Waals surface area (Å²) < 4.78 is 6.51. The van der Waals surface area contributed by atoms with Gasteiger partial charge in [0.2, 0.25) is 0 Å². The fourth-order valence-corrected chi connectivity index (χ4v) is 2.75. The van der Waals surface area contributed by atoms with E-state index in [2.05, 4.69) is 20.5 Å². The van der Waals surface area contributed by atoms with Crippen molar-refractivity contribution in [1.82, 2.24) is 20.4 Å². The number of esters is 1. The molecule has 144 valence electrons. The molecular weight excluding hydrogens is 356 g/mol. The lowest BCUT2D eigenvalue weighted by Gasteiger charge is -2.12. The molecule has 0 aliphatic heterocycles. The summed E-state index contributed by atoms with van der Waals surface area (Å²) in [5.74, 6) is -0.383. The van der Waals surface area contributed by atoms with Crippen LogP contribution >= 0.6 is 0 Å². The maximum atomic E-state index is 12.1. The van der Waals surface area contributed by atoms with Crippen molar-refractivity contribution >= 4 is 12.0 Å². The number of carbonyl (C=O) groups excluding carboxylic acids is 2. The number of nitrogens with one attached hydrogen (secondary N) is 2. The van der Waals surface area contributed by atoms with Crippen molar-refractivity contribution in [3.05, 3.63) is 89.2 Å². The summed E-state index contributed by atoms with van der Waals surface area (Å²) in [7, 11) is 1.34. The van der Waals surface area contributed by atoms with Gasteiger partial charge >= 0.3 is 12.0 Å². The first-order valence-electron chi connectivity index (χ1n) is 8.89. The Morgan fingerprint density at radius 1 is 0.964 bits per heavy atom. The summed E-state index contributed by atoms with van der Waals surface area (Å²) in [6, 6.07) is 16.5. The van der Waals surface area contributed by atoms with Gasteiger partial charge in [-0.2, -0.15) is 5.10 Å². The zero-order chi connectivity index (χ0) is 19.8. The second-order valence-corrected chi connectivity index (χ2v) is 6.20. The fraction of sp³-hybridized carbons (Fsp3) is 0.190. The number of hydrogen-bond acceptors (Lipinski definition) is 4. The van der Waals surface area contributed by atoms with Crippen molar-refractivity contribution in [2.45, 2.75) is 19.6 Å². The lowest BCUT2D eigenvalue weighted by atomic mass is 10.1. The highest BCUT2D eigenvalue weighted by Gasteiger charge is 2.07. The molecule has 3 aromatic rings. The monoisotopic (exact) mass is 378 g/mol. The third kappa shape index (κ3) is 5.20. The molecule has 0 spiro atoms. The zero-order valence-electron chi connectivity index (χ0n) is 15.6. The van der Waals surface area contributed by atoms with Crippen LogP contribution in [0.25, 0.3) is 0 Å². The molecule has 0 fully saturated rings. The van der Waals surface area contributed by atoms with Gasteiger partial charge < -0.3 is 15.4 Å². The summed E-state index contributed by atoms with van der Waals surface area (Å²) in [4.78, 5) is 23.6. The van der Waals surface area contributed by atoms with Crippen molar-refractivity contribution in [1.29, 1.82) is 0 Å². The van der Waals surface area contributed by atoms with Gasteiger partial charge in [-0.1, -0.05) is 36.4 Å². The van der Waals surface area contributed by atoms with E-state index in [1.807, 2.05) is 41.2 Å². The van der Waals surface area contributed by atoms with Crippen LogP contribution < -0.4 is 10.6 Å². The number of carbonyl (C=O) groups is 2. The molecule has 2 N–H and O–H groups in total. The van der Waals surface area contributed by atoms with Crippen LogP contribution in [0.3, 0.4) is 0 Å². The number of rotatable bonds is 7. The minimum Gasteiger partial charge on any atom is -0.465 e. The second kappa shape index (κ2) is 9.36. The van der Waals surface area contributed by atoms with Gasteiger partial charge in [0.15, 0.2) is 0 Å². The van der Waals surface area contributed by atoms with E-state index in [0.717, 1.165) is 16.7 Å². The van der Waals surface area contributed by atoms with Gasteiger partial charge in [0.05, 0.1) is 19.2 Å². The molecule has 1 aromatic heterocycles. The van der Waals surface area contributed by atoms with Gasteiger partial charge in [-0.25, -0.2) is 9.59 Å². The first-order valence-corrected chi connectivity index (χ1v) is 8.89. The molecule has 0 aliphatic rings. The normalized spacial score (nSPS) is 10.3. The lowest BCUT2D eigenvalue weighted by molar-refractivity contribution is 0.0600. The number of hydrogen-bond donors (Lipinski definition) is 2. The van der Waals surface area contributed by atoms with E-state index in [4.69, 9.17) is 0 Å². The molecule has 0 bridgehead atoms. The molecule has 0 radical (unpaired) electrons. The van der Waals surface area contributed by atoms with Crippen molar-refractivity contribution in [3.8, 4) is 0 Å². The summed E-state index contributed by atoms with van der Waals surface area (Å²) in [6.07, 6.45) is 3.65. The van der Waals surface area contributed by atoms with E-state index >= 15 is 0 Å². The van der Waals surface area contributed by atoms with Gasteiger partial charge in [-0.15, -0.1) is 0 Å². The van der Waals surface area contributed by atoms with Crippen LogP contribution in [0.5, 0.6) is 0 Å². The molecule has 1 heterocycles. The Kier molecular flexibility index (Phi) is 6.41. The summed E-state index contributed by atoms with van der Waals surface area (Å²) in [6.45, 7) is 1.44. The van der Waals surface area contributed by atoms with E-state index in [1.165, 1.54) is 7.11 Å². The predicted molar refractivity (Wildman–Crippen MR) is 105 cm³/mol. The molecule has 2 amide bonds. The number of urea groups is 1. The van der Waals surface area contributed by atoms with Gasteiger partial charge in [0, 0.05) is 25.5 Å². The Morgan fingerprint density at radius 2 is 1.68 bits per heavy atom. The summed E-state index contributed by atoms with van der Waals surface area (Å²) in [5, 5.41) is 9.91. The molecule has 0 saturated carbocycles. The third-order valence-corrected chi connectivity index (χ3v) is 4.28. The Hall–Kier alpha value is -3.61. The summed E-state index contributed by atoms with van der Waals surface area (Å²) >= 11 is 0. The van der Waals surface area contributed by atoms with E-state index in [0.29, 0.717) is 25.2 Å². The van der Waals surface area contributed by atoms with Crippen molar-refractivity contribution in [3.63, 3.8) is 0 Å². The zero-order valence-corrected chi connectivity index (χ0v) is 15.6. The van der Waals surface area contributed by atoms with Crippen molar-refractivity contribution in [2.75, 3.05) is 7.11 Å². The van der Waals surface area contributed by atoms with Crippen LogP contribution in [0.15, 0.2) is 67.0 Å². The maximum Gasteiger partial charge on any atom is 0.337 e. The van der Waals surface area contributed by atoms with Crippen LogP contribution in [0.4, 0.5) is 4.79 Å². The van der Waals surface area contributed by atoms with Crippen LogP contribution in [0, 0.1) is 0 Å². The fourth-order valence-electron chi connectivity index (χ4n) is 2.75. The number of nitrogens with zero attached hydrogens (tertiary/aromatic N) is 2. The smallest absolute Gasteiger partial charge is 0.337 e. The molecular formula is C21H22N4O3. The maximum absolute atomic E-state index is 12.1. The SMILES string of the molecule is COC(=O)c1ccc(CNC(=O)NCc2ccccc2Cn2cccn2)cc1. The highest BCUT2D eigenvalue weighted by atomic mass is 16.5. The van der Waals surface area contributed by atoms with Crippen LogP contribution in [-0.4, -0.2) is 28.9 Å². The Bertz CT molecular complexity index is 921. The Balaban J connectivity index is 1.50. The highest BCUT2D eigenvalue weighted by Crippen LogP contribution is 2.10. The number of methoxy groups -OCH3 is 1. The molecule has 0 aliphatic carbocycles.